The summed E-state index contributed by atoms with van der Waals surface area (Å²) in [6.07, 6.45) is -2.45. The van der Waals surface area contributed by atoms with Crippen molar-refractivity contribution in [3.05, 3.63) is 18.1 Å². The lowest BCUT2D eigenvalue weighted by Crippen LogP contribution is -2.13. The number of ether oxygens (including phenoxy) is 1. The van der Waals surface area contributed by atoms with Gasteiger partial charge >= 0.3 is 6.18 Å². The number of nitrogens with zero attached hydrogens (tertiary/aromatic N) is 2. The van der Waals surface area contributed by atoms with Crippen LogP contribution in [0.5, 0.6) is 5.88 Å². The maximum absolute atomic E-state index is 11.7. The van der Waals surface area contributed by atoms with E-state index in [1.807, 2.05) is 0 Å². The third kappa shape index (κ3) is 4.06. The predicted molar refractivity (Wildman–Crippen MR) is 42.9 cm³/mol. The Bertz CT molecular complexity index is 284. The first kappa shape index (κ1) is 10.7. The summed E-state index contributed by atoms with van der Waals surface area (Å²) in [6.45, 7) is 1.30. The topological polar surface area (TPSA) is 35.0 Å². The average molecular weight is 206 g/mol. The Morgan fingerprint density at radius 1 is 1.29 bits per heavy atom. The second-order valence-corrected chi connectivity index (χ2v) is 2.71. The Hall–Kier alpha value is -1.33. The number of aryl methyl sites for hydroxylation is 1. The van der Waals surface area contributed by atoms with Crippen LogP contribution in [0.2, 0.25) is 0 Å². The molecule has 1 aromatic rings. The second-order valence-electron chi connectivity index (χ2n) is 2.71. The maximum Gasteiger partial charge on any atom is 0.392 e. The van der Waals surface area contributed by atoms with Crippen molar-refractivity contribution < 1.29 is 17.9 Å². The Labute approximate surface area is 78.9 Å². The lowest BCUT2D eigenvalue weighted by molar-refractivity contribution is -0.139. The molecular weight excluding hydrogens is 197 g/mol. The highest BCUT2D eigenvalue weighted by atomic mass is 19.4. The zero-order valence-corrected chi connectivity index (χ0v) is 7.51. The maximum atomic E-state index is 11.7. The number of alkyl halides is 3. The van der Waals surface area contributed by atoms with E-state index in [9.17, 15) is 13.2 Å². The molecule has 3 nitrogen and oxygen atoms in total. The Balaban J connectivity index is 2.35. The molecule has 14 heavy (non-hydrogen) atoms. The Morgan fingerprint density at radius 3 is 2.50 bits per heavy atom. The summed E-state index contributed by atoms with van der Waals surface area (Å²) >= 11 is 0. The smallest absolute Gasteiger partial charge is 0.392 e. The van der Waals surface area contributed by atoms with Gasteiger partial charge in [0.2, 0.25) is 5.88 Å². The molecule has 0 spiro atoms. The van der Waals surface area contributed by atoms with Crippen molar-refractivity contribution in [1.82, 2.24) is 9.97 Å². The van der Waals surface area contributed by atoms with E-state index >= 15 is 0 Å². The van der Waals surface area contributed by atoms with Crippen LogP contribution in [-0.4, -0.2) is 22.8 Å². The van der Waals surface area contributed by atoms with Crippen LogP contribution in [0.1, 0.15) is 12.1 Å². The van der Waals surface area contributed by atoms with Crippen molar-refractivity contribution >= 4 is 0 Å². The van der Waals surface area contributed by atoms with Gasteiger partial charge < -0.3 is 4.74 Å². The minimum absolute atomic E-state index is 0.111. The summed E-state index contributed by atoms with van der Waals surface area (Å²) in [6, 6.07) is 0. The summed E-state index contributed by atoms with van der Waals surface area (Å²) in [7, 11) is 0. The quantitative estimate of drug-likeness (QED) is 0.759. The third-order valence-electron chi connectivity index (χ3n) is 1.39. The fraction of sp³-hybridized carbons (Fsp3) is 0.500. The summed E-state index contributed by atoms with van der Waals surface area (Å²) in [5, 5.41) is 0. The van der Waals surface area contributed by atoms with Crippen LogP contribution in [0.25, 0.3) is 0 Å². The normalized spacial score (nSPS) is 11.4. The minimum Gasteiger partial charge on any atom is -0.476 e. The summed E-state index contributed by atoms with van der Waals surface area (Å²) in [4.78, 5) is 7.57. The van der Waals surface area contributed by atoms with Crippen LogP contribution in [0.3, 0.4) is 0 Å². The lowest BCUT2D eigenvalue weighted by atomic mass is 10.4. The van der Waals surface area contributed by atoms with Gasteiger partial charge in [-0.2, -0.15) is 13.2 Å². The third-order valence-corrected chi connectivity index (χ3v) is 1.39. The first-order chi connectivity index (χ1) is 6.47. The van der Waals surface area contributed by atoms with Gasteiger partial charge in [-0.15, -0.1) is 0 Å². The number of hydrogen-bond donors (Lipinski definition) is 0. The molecule has 0 aliphatic rings. The van der Waals surface area contributed by atoms with Crippen molar-refractivity contribution in [3.8, 4) is 5.88 Å². The number of aromatic nitrogens is 2. The van der Waals surface area contributed by atoms with Gasteiger partial charge in [0.1, 0.15) is 0 Å². The highest BCUT2D eigenvalue weighted by Crippen LogP contribution is 2.19. The molecular formula is C8H9F3N2O. The molecule has 0 aliphatic carbocycles. The number of hydrogen-bond acceptors (Lipinski definition) is 3. The van der Waals surface area contributed by atoms with Crippen LogP contribution in [0.15, 0.2) is 12.4 Å². The predicted octanol–water partition coefficient (Wildman–Crippen LogP) is 2.12. The zero-order valence-electron chi connectivity index (χ0n) is 7.51. The zero-order chi connectivity index (χ0) is 10.6. The highest BCUT2D eigenvalue weighted by Gasteiger charge is 2.26. The molecule has 0 N–H and O–H groups in total. The van der Waals surface area contributed by atoms with Crippen molar-refractivity contribution in [1.29, 1.82) is 0 Å². The molecule has 0 aliphatic heterocycles. The molecule has 0 unspecified atom stereocenters. The van der Waals surface area contributed by atoms with E-state index in [-0.39, 0.29) is 5.88 Å². The van der Waals surface area contributed by atoms with Gasteiger partial charge in [0.25, 0.3) is 0 Å². The second kappa shape index (κ2) is 4.26. The van der Waals surface area contributed by atoms with E-state index < -0.39 is 19.2 Å². The van der Waals surface area contributed by atoms with Gasteiger partial charge in [0.15, 0.2) is 0 Å². The molecule has 1 heterocycles. The molecule has 6 heteroatoms. The van der Waals surface area contributed by atoms with Gasteiger partial charge in [-0.25, -0.2) is 4.98 Å². The Morgan fingerprint density at radius 2 is 2.00 bits per heavy atom. The SMILES string of the molecule is Cc1cnc(OCCC(F)(F)F)cn1. The lowest BCUT2D eigenvalue weighted by Gasteiger charge is -2.07. The van der Waals surface area contributed by atoms with E-state index in [0.717, 1.165) is 0 Å². The van der Waals surface area contributed by atoms with Gasteiger partial charge in [-0.1, -0.05) is 0 Å². The molecule has 0 saturated carbocycles. The highest BCUT2D eigenvalue weighted by molar-refractivity contribution is 5.05. The average Bonchev–Trinajstić information content (AvgIpc) is 2.06. The van der Waals surface area contributed by atoms with E-state index in [1.54, 1.807) is 6.92 Å². The summed E-state index contributed by atoms with van der Waals surface area (Å²) in [5.41, 5.74) is 0.688. The van der Waals surface area contributed by atoms with Gasteiger partial charge in [-0.05, 0) is 6.92 Å². The molecule has 1 rings (SSSR count). The fourth-order valence-electron chi connectivity index (χ4n) is 0.727. The van der Waals surface area contributed by atoms with E-state index in [2.05, 4.69) is 9.97 Å². The van der Waals surface area contributed by atoms with Crippen molar-refractivity contribution in [2.24, 2.45) is 0 Å². The van der Waals surface area contributed by atoms with Gasteiger partial charge in [-0.3, -0.25) is 4.98 Å². The summed E-state index contributed by atoms with van der Waals surface area (Å²) < 4.78 is 39.9. The summed E-state index contributed by atoms with van der Waals surface area (Å²) in [5.74, 6) is 0.111. The van der Waals surface area contributed by atoms with Crippen LogP contribution >= 0.6 is 0 Å². The molecule has 78 valence electrons. The molecule has 0 aromatic carbocycles. The van der Waals surface area contributed by atoms with Crippen LogP contribution in [-0.2, 0) is 0 Å². The van der Waals surface area contributed by atoms with Gasteiger partial charge in [0, 0.05) is 0 Å². The van der Waals surface area contributed by atoms with Crippen molar-refractivity contribution in [2.45, 2.75) is 19.5 Å². The Kier molecular flexibility index (Phi) is 3.27. The van der Waals surface area contributed by atoms with Crippen molar-refractivity contribution in [2.75, 3.05) is 6.61 Å². The molecule has 0 saturated heterocycles. The first-order valence-corrected chi connectivity index (χ1v) is 3.95. The van der Waals surface area contributed by atoms with E-state index in [0.29, 0.717) is 5.69 Å². The molecule has 0 fully saturated rings. The van der Waals surface area contributed by atoms with Gasteiger partial charge in [0.05, 0.1) is 31.1 Å². The van der Waals surface area contributed by atoms with Crippen LogP contribution in [0, 0.1) is 6.92 Å². The standard InChI is InChI=1S/C8H9F3N2O/c1-6-4-13-7(5-12-6)14-3-2-8(9,10)11/h4-5H,2-3H2,1H3. The number of halogens is 3. The van der Waals surface area contributed by atoms with E-state index in [1.165, 1.54) is 12.4 Å². The van der Waals surface area contributed by atoms with E-state index in [4.69, 9.17) is 4.74 Å². The number of rotatable bonds is 3. The first-order valence-electron chi connectivity index (χ1n) is 3.95. The molecule has 0 amide bonds. The molecule has 0 radical (unpaired) electrons. The largest absolute Gasteiger partial charge is 0.476 e. The molecule has 1 aromatic heterocycles. The monoisotopic (exact) mass is 206 g/mol. The van der Waals surface area contributed by atoms with Crippen molar-refractivity contribution in [3.63, 3.8) is 0 Å². The molecule has 0 atom stereocenters. The van der Waals surface area contributed by atoms with Crippen LogP contribution < -0.4 is 4.74 Å². The molecule has 0 bridgehead atoms. The van der Waals surface area contributed by atoms with Crippen LogP contribution in [0.4, 0.5) is 13.2 Å². The minimum atomic E-state index is -4.20. The fourth-order valence-corrected chi connectivity index (χ4v) is 0.727.